The molecule has 184 valence electrons. The number of H-pyrrole nitrogens is 1. The van der Waals surface area contributed by atoms with Crippen molar-refractivity contribution in [3.8, 4) is 28.5 Å². The molecule has 2 aliphatic heterocycles. The van der Waals surface area contributed by atoms with E-state index >= 15 is 0 Å². The van der Waals surface area contributed by atoms with Crippen LogP contribution in [0.4, 0.5) is 0 Å². The van der Waals surface area contributed by atoms with Gasteiger partial charge >= 0.3 is 0 Å². The van der Waals surface area contributed by atoms with E-state index in [0.29, 0.717) is 30.3 Å². The van der Waals surface area contributed by atoms with E-state index in [4.69, 9.17) is 18.9 Å². The number of benzene rings is 2. The largest absolute Gasteiger partial charge is 0.497 e. The molecule has 0 spiro atoms. The standard InChI is InChI=1S/C27H31N3O5/c1-4-13-35-21-12-9-18(15-22(21)33-3)26-23-24(17-7-10-19(32-2)11-8-17)28-29-25(23)27(31)30(26)16-20-6-5-14-34-20/h7-12,15,20,26H,4-6,13-14,16H2,1-3H3,(H,28,29). The molecule has 8 nitrogen and oxygen atoms in total. The van der Waals surface area contributed by atoms with Crippen LogP contribution < -0.4 is 14.2 Å². The van der Waals surface area contributed by atoms with E-state index in [-0.39, 0.29) is 18.1 Å². The highest BCUT2D eigenvalue weighted by molar-refractivity contribution is 6.00. The topological polar surface area (TPSA) is 85.9 Å². The van der Waals surface area contributed by atoms with Gasteiger partial charge in [0.25, 0.3) is 5.91 Å². The Morgan fingerprint density at radius 2 is 1.94 bits per heavy atom. The van der Waals surface area contributed by atoms with E-state index in [1.165, 1.54) is 0 Å². The first-order chi connectivity index (χ1) is 17.1. The van der Waals surface area contributed by atoms with E-state index in [9.17, 15) is 4.79 Å². The van der Waals surface area contributed by atoms with Crippen LogP contribution in [0.5, 0.6) is 17.2 Å². The molecule has 1 saturated heterocycles. The highest BCUT2D eigenvalue weighted by atomic mass is 16.5. The molecule has 1 N–H and O–H groups in total. The van der Waals surface area contributed by atoms with Crippen molar-refractivity contribution in [2.45, 2.75) is 38.3 Å². The fraction of sp³-hybridized carbons (Fsp3) is 0.407. The average molecular weight is 478 g/mol. The minimum absolute atomic E-state index is 0.0249. The summed E-state index contributed by atoms with van der Waals surface area (Å²) in [6.07, 6.45) is 2.89. The summed E-state index contributed by atoms with van der Waals surface area (Å²) in [4.78, 5) is 15.5. The first-order valence-electron chi connectivity index (χ1n) is 12.1. The summed E-state index contributed by atoms with van der Waals surface area (Å²) in [5, 5.41) is 7.57. The molecule has 5 rings (SSSR count). The van der Waals surface area contributed by atoms with Gasteiger partial charge in [0.15, 0.2) is 11.5 Å². The molecule has 2 aromatic carbocycles. The summed E-state index contributed by atoms with van der Waals surface area (Å²) < 4.78 is 22.7. The van der Waals surface area contributed by atoms with Crippen LogP contribution in [0.1, 0.15) is 53.8 Å². The summed E-state index contributed by atoms with van der Waals surface area (Å²) in [6, 6.07) is 13.3. The van der Waals surface area contributed by atoms with Crippen LogP contribution in [0.3, 0.4) is 0 Å². The lowest BCUT2D eigenvalue weighted by atomic mass is 9.95. The Balaban J connectivity index is 1.59. The zero-order chi connectivity index (χ0) is 24.4. The average Bonchev–Trinajstić information content (AvgIpc) is 3.62. The summed E-state index contributed by atoms with van der Waals surface area (Å²) in [5.74, 6) is 2.03. The minimum atomic E-state index is -0.327. The van der Waals surface area contributed by atoms with Crippen molar-refractivity contribution in [2.75, 3.05) is 34.0 Å². The van der Waals surface area contributed by atoms with Crippen molar-refractivity contribution in [1.82, 2.24) is 15.1 Å². The van der Waals surface area contributed by atoms with E-state index in [2.05, 4.69) is 17.1 Å². The first-order valence-corrected chi connectivity index (χ1v) is 12.1. The SMILES string of the molecule is CCCOc1ccc(C2c3c(-c4ccc(OC)cc4)n[nH]c3C(=O)N2CC2CCCO2)cc1OC. The Morgan fingerprint density at radius 3 is 2.63 bits per heavy atom. The van der Waals surface area contributed by atoms with Crippen LogP contribution in [0.25, 0.3) is 11.3 Å². The molecule has 0 bridgehead atoms. The summed E-state index contributed by atoms with van der Waals surface area (Å²) >= 11 is 0. The third kappa shape index (κ3) is 4.34. The van der Waals surface area contributed by atoms with Crippen LogP contribution >= 0.6 is 0 Å². The van der Waals surface area contributed by atoms with Crippen molar-refractivity contribution >= 4 is 5.91 Å². The smallest absolute Gasteiger partial charge is 0.273 e. The van der Waals surface area contributed by atoms with Gasteiger partial charge in [-0.3, -0.25) is 9.89 Å². The molecule has 8 heteroatoms. The molecule has 3 heterocycles. The number of carbonyl (C=O) groups excluding carboxylic acids is 1. The predicted molar refractivity (Wildman–Crippen MR) is 131 cm³/mol. The summed E-state index contributed by atoms with van der Waals surface area (Å²) in [7, 11) is 3.27. The lowest BCUT2D eigenvalue weighted by Crippen LogP contribution is -2.36. The molecular formula is C27H31N3O5. The molecule has 0 aliphatic carbocycles. The van der Waals surface area contributed by atoms with Gasteiger partial charge in [-0.1, -0.05) is 13.0 Å². The minimum Gasteiger partial charge on any atom is -0.497 e. The number of nitrogens with zero attached hydrogens (tertiary/aromatic N) is 2. The summed E-state index contributed by atoms with van der Waals surface area (Å²) in [5.41, 5.74) is 3.98. The monoisotopic (exact) mass is 477 g/mol. The van der Waals surface area contributed by atoms with Crippen molar-refractivity contribution in [1.29, 1.82) is 0 Å². The highest BCUT2D eigenvalue weighted by Crippen LogP contribution is 2.45. The van der Waals surface area contributed by atoms with Gasteiger partial charge in [0, 0.05) is 24.3 Å². The fourth-order valence-corrected chi connectivity index (χ4v) is 4.89. The van der Waals surface area contributed by atoms with Crippen molar-refractivity contribution in [2.24, 2.45) is 0 Å². The molecule has 2 unspecified atom stereocenters. The first kappa shape index (κ1) is 23.2. The second kappa shape index (κ2) is 10.00. The number of rotatable bonds is 9. The number of ether oxygens (including phenoxy) is 4. The zero-order valence-electron chi connectivity index (χ0n) is 20.4. The van der Waals surface area contributed by atoms with Gasteiger partial charge in [-0.25, -0.2) is 0 Å². The second-order valence-electron chi connectivity index (χ2n) is 8.84. The Labute approximate surface area is 205 Å². The second-order valence-corrected chi connectivity index (χ2v) is 8.84. The number of aromatic amines is 1. The Morgan fingerprint density at radius 1 is 1.11 bits per heavy atom. The number of hydrogen-bond acceptors (Lipinski definition) is 6. The molecule has 1 aromatic heterocycles. The van der Waals surface area contributed by atoms with Crippen LogP contribution in [-0.2, 0) is 4.74 Å². The molecule has 1 fully saturated rings. The quantitative estimate of drug-likeness (QED) is 0.485. The number of aromatic nitrogens is 2. The maximum atomic E-state index is 13.6. The van der Waals surface area contributed by atoms with Gasteiger partial charge in [0.2, 0.25) is 0 Å². The molecule has 35 heavy (non-hydrogen) atoms. The third-order valence-corrected chi connectivity index (χ3v) is 6.62. The molecule has 3 aromatic rings. The fourth-order valence-electron chi connectivity index (χ4n) is 4.89. The molecule has 2 aliphatic rings. The van der Waals surface area contributed by atoms with Crippen LogP contribution in [0.15, 0.2) is 42.5 Å². The Hall–Kier alpha value is -3.52. The van der Waals surface area contributed by atoms with Crippen molar-refractivity contribution in [3.63, 3.8) is 0 Å². The normalized spacial score (nSPS) is 19.2. The van der Waals surface area contributed by atoms with Gasteiger partial charge in [0.05, 0.1) is 38.7 Å². The molecular weight excluding hydrogens is 446 g/mol. The van der Waals surface area contributed by atoms with Gasteiger partial charge in [-0.2, -0.15) is 5.10 Å². The van der Waals surface area contributed by atoms with Gasteiger partial charge in [-0.05, 0) is 61.2 Å². The molecule has 2 atom stereocenters. The van der Waals surface area contributed by atoms with Crippen molar-refractivity contribution in [3.05, 3.63) is 59.3 Å². The number of nitrogens with one attached hydrogen (secondary N) is 1. The third-order valence-electron chi connectivity index (χ3n) is 6.62. The highest BCUT2D eigenvalue weighted by Gasteiger charge is 2.43. The zero-order valence-corrected chi connectivity index (χ0v) is 20.4. The lowest BCUT2D eigenvalue weighted by Gasteiger charge is -2.29. The van der Waals surface area contributed by atoms with E-state index in [1.54, 1.807) is 14.2 Å². The van der Waals surface area contributed by atoms with E-state index in [0.717, 1.165) is 54.0 Å². The Bertz CT molecular complexity index is 1180. The van der Waals surface area contributed by atoms with Crippen LogP contribution in [-0.4, -0.2) is 61.1 Å². The number of methoxy groups -OCH3 is 2. The predicted octanol–water partition coefficient (Wildman–Crippen LogP) is 4.61. The lowest BCUT2D eigenvalue weighted by molar-refractivity contribution is 0.0495. The maximum absolute atomic E-state index is 13.6. The molecule has 1 amide bonds. The number of fused-ring (bicyclic) bond motifs is 1. The molecule has 0 radical (unpaired) electrons. The number of amides is 1. The van der Waals surface area contributed by atoms with Crippen LogP contribution in [0, 0.1) is 0 Å². The van der Waals surface area contributed by atoms with Gasteiger partial charge in [-0.15, -0.1) is 0 Å². The van der Waals surface area contributed by atoms with Gasteiger partial charge in [0.1, 0.15) is 11.4 Å². The van der Waals surface area contributed by atoms with E-state index in [1.807, 2.05) is 47.4 Å². The van der Waals surface area contributed by atoms with E-state index < -0.39 is 0 Å². The van der Waals surface area contributed by atoms with Crippen LogP contribution in [0.2, 0.25) is 0 Å². The molecule has 0 saturated carbocycles. The maximum Gasteiger partial charge on any atom is 0.273 e. The van der Waals surface area contributed by atoms with Gasteiger partial charge < -0.3 is 23.8 Å². The summed E-state index contributed by atoms with van der Waals surface area (Å²) in [6.45, 7) is 3.93. The Kier molecular flexibility index (Phi) is 6.63. The number of hydrogen-bond donors (Lipinski definition) is 1. The number of carbonyl (C=O) groups is 1. The van der Waals surface area contributed by atoms with Crippen molar-refractivity contribution < 1.29 is 23.7 Å².